The first-order valence-corrected chi connectivity index (χ1v) is 6.44. The molecule has 3 rings (SSSR count). The minimum Gasteiger partial charge on any atom is -0.493 e. The van der Waals surface area contributed by atoms with Gasteiger partial charge >= 0.3 is 0 Å². The molecular formula is C13H13NO2S. The maximum Gasteiger partial charge on any atom is 0.122 e. The highest BCUT2D eigenvalue weighted by Crippen LogP contribution is 2.30. The van der Waals surface area contributed by atoms with E-state index in [9.17, 15) is 0 Å². The third kappa shape index (κ3) is 2.06. The molecule has 0 N–H and O–H groups in total. The van der Waals surface area contributed by atoms with E-state index < -0.39 is 0 Å². The average molecular weight is 247 g/mol. The van der Waals surface area contributed by atoms with Crippen molar-refractivity contribution >= 4 is 11.3 Å². The maximum absolute atomic E-state index is 5.50. The Labute approximate surface area is 104 Å². The number of nitrogens with zero attached hydrogens (tertiary/aromatic N) is 1. The van der Waals surface area contributed by atoms with E-state index in [-0.39, 0.29) is 0 Å². The van der Waals surface area contributed by atoms with Crippen LogP contribution < -0.4 is 4.74 Å². The van der Waals surface area contributed by atoms with Crippen LogP contribution in [0.3, 0.4) is 0 Å². The summed E-state index contributed by atoms with van der Waals surface area (Å²) in [5.41, 5.74) is 3.47. The number of hydrogen-bond acceptors (Lipinski definition) is 4. The highest BCUT2D eigenvalue weighted by atomic mass is 32.1. The molecule has 3 nitrogen and oxygen atoms in total. The zero-order valence-electron chi connectivity index (χ0n) is 9.60. The molecule has 17 heavy (non-hydrogen) atoms. The number of hydrogen-bond donors (Lipinski definition) is 0. The lowest BCUT2D eigenvalue weighted by atomic mass is 10.1. The Kier molecular flexibility index (Phi) is 2.82. The molecule has 88 valence electrons. The standard InChI is InChI=1S/C13H13NO2S/c1-15-7-13-14-11(8-17-13)9-2-3-12-10(6-9)4-5-16-12/h2-3,6,8H,4-5,7H2,1H3. The Morgan fingerprint density at radius 2 is 2.41 bits per heavy atom. The lowest BCUT2D eigenvalue weighted by Gasteiger charge is -2.01. The molecule has 1 aliphatic rings. The zero-order valence-corrected chi connectivity index (χ0v) is 10.4. The van der Waals surface area contributed by atoms with Gasteiger partial charge < -0.3 is 9.47 Å². The van der Waals surface area contributed by atoms with Crippen LogP contribution in [-0.2, 0) is 17.8 Å². The molecule has 4 heteroatoms. The van der Waals surface area contributed by atoms with Gasteiger partial charge in [0.25, 0.3) is 0 Å². The average Bonchev–Trinajstić information content (AvgIpc) is 2.96. The Hall–Kier alpha value is -1.39. The van der Waals surface area contributed by atoms with Crippen molar-refractivity contribution in [2.45, 2.75) is 13.0 Å². The quantitative estimate of drug-likeness (QED) is 0.835. The van der Waals surface area contributed by atoms with E-state index in [1.807, 2.05) is 6.07 Å². The Morgan fingerprint density at radius 3 is 3.29 bits per heavy atom. The van der Waals surface area contributed by atoms with E-state index in [0.717, 1.165) is 35.0 Å². The molecule has 1 aromatic heterocycles. The molecule has 0 saturated heterocycles. The first kappa shape index (κ1) is 10.7. The molecule has 0 spiro atoms. The minimum atomic E-state index is 0.582. The van der Waals surface area contributed by atoms with Crippen molar-refractivity contribution in [1.29, 1.82) is 0 Å². The number of benzene rings is 1. The minimum absolute atomic E-state index is 0.582. The molecule has 0 unspecified atom stereocenters. The van der Waals surface area contributed by atoms with Crippen molar-refractivity contribution in [3.63, 3.8) is 0 Å². The highest BCUT2D eigenvalue weighted by Gasteiger charge is 2.13. The van der Waals surface area contributed by atoms with Crippen molar-refractivity contribution < 1.29 is 9.47 Å². The van der Waals surface area contributed by atoms with Crippen LogP contribution in [0.25, 0.3) is 11.3 Å². The number of rotatable bonds is 3. The number of thiazole rings is 1. The van der Waals surface area contributed by atoms with Crippen molar-refractivity contribution in [3.8, 4) is 17.0 Å². The Morgan fingerprint density at radius 1 is 1.47 bits per heavy atom. The summed E-state index contributed by atoms with van der Waals surface area (Å²) in [6, 6.07) is 6.27. The predicted molar refractivity (Wildman–Crippen MR) is 67.5 cm³/mol. The molecule has 0 atom stereocenters. The maximum atomic E-state index is 5.50. The fraction of sp³-hybridized carbons (Fsp3) is 0.308. The summed E-state index contributed by atoms with van der Waals surface area (Å²) in [7, 11) is 1.69. The van der Waals surface area contributed by atoms with Gasteiger partial charge in [-0.1, -0.05) is 0 Å². The molecule has 0 amide bonds. The van der Waals surface area contributed by atoms with Gasteiger partial charge in [0, 0.05) is 24.5 Å². The molecule has 0 bridgehead atoms. The van der Waals surface area contributed by atoms with Crippen LogP contribution in [0.1, 0.15) is 10.6 Å². The Balaban J connectivity index is 1.92. The summed E-state index contributed by atoms with van der Waals surface area (Å²) in [5, 5.41) is 3.09. The lowest BCUT2D eigenvalue weighted by Crippen LogP contribution is -1.86. The van der Waals surface area contributed by atoms with Crippen molar-refractivity contribution in [1.82, 2.24) is 4.98 Å². The smallest absolute Gasteiger partial charge is 0.122 e. The van der Waals surface area contributed by atoms with Crippen LogP contribution in [0.5, 0.6) is 5.75 Å². The van der Waals surface area contributed by atoms with Crippen LogP contribution in [0, 0.1) is 0 Å². The second-order valence-corrected chi connectivity index (χ2v) is 4.92. The summed E-state index contributed by atoms with van der Waals surface area (Å²) >= 11 is 1.63. The van der Waals surface area contributed by atoms with Gasteiger partial charge in [0.2, 0.25) is 0 Å². The number of methoxy groups -OCH3 is 1. The van der Waals surface area contributed by atoms with E-state index in [1.165, 1.54) is 5.56 Å². The molecule has 0 radical (unpaired) electrons. The largest absolute Gasteiger partial charge is 0.493 e. The summed E-state index contributed by atoms with van der Waals surface area (Å²) in [6.07, 6.45) is 0.998. The summed E-state index contributed by atoms with van der Waals surface area (Å²) in [6.45, 7) is 1.38. The van der Waals surface area contributed by atoms with Crippen LogP contribution in [-0.4, -0.2) is 18.7 Å². The summed E-state index contributed by atoms with van der Waals surface area (Å²) in [4.78, 5) is 4.55. The first-order chi connectivity index (χ1) is 8.36. The van der Waals surface area contributed by atoms with Crippen LogP contribution in [0.4, 0.5) is 0 Å². The topological polar surface area (TPSA) is 31.4 Å². The van der Waals surface area contributed by atoms with Crippen molar-refractivity contribution in [2.24, 2.45) is 0 Å². The third-order valence-corrected chi connectivity index (χ3v) is 3.63. The monoisotopic (exact) mass is 247 g/mol. The SMILES string of the molecule is COCc1nc(-c2ccc3c(c2)CCO3)cs1. The van der Waals surface area contributed by atoms with Crippen molar-refractivity contribution in [3.05, 3.63) is 34.2 Å². The fourth-order valence-electron chi connectivity index (χ4n) is 1.98. The summed E-state index contributed by atoms with van der Waals surface area (Å²) < 4.78 is 10.6. The van der Waals surface area contributed by atoms with E-state index in [1.54, 1.807) is 18.4 Å². The molecule has 0 aliphatic carbocycles. The van der Waals surface area contributed by atoms with Crippen LogP contribution in [0.15, 0.2) is 23.6 Å². The van der Waals surface area contributed by atoms with E-state index >= 15 is 0 Å². The lowest BCUT2D eigenvalue weighted by molar-refractivity contribution is 0.184. The van der Waals surface area contributed by atoms with Crippen molar-refractivity contribution in [2.75, 3.05) is 13.7 Å². The third-order valence-electron chi connectivity index (χ3n) is 2.80. The molecule has 1 aliphatic heterocycles. The molecule has 0 saturated carbocycles. The molecule has 0 fully saturated rings. The first-order valence-electron chi connectivity index (χ1n) is 5.56. The highest BCUT2D eigenvalue weighted by molar-refractivity contribution is 7.09. The normalized spacial score (nSPS) is 13.5. The molecule has 1 aromatic carbocycles. The predicted octanol–water partition coefficient (Wildman–Crippen LogP) is 2.89. The number of aromatic nitrogens is 1. The summed E-state index contributed by atoms with van der Waals surface area (Å²) in [5.74, 6) is 1.01. The van der Waals surface area contributed by atoms with E-state index in [4.69, 9.17) is 9.47 Å². The second-order valence-electron chi connectivity index (χ2n) is 3.98. The van der Waals surface area contributed by atoms with Gasteiger partial charge in [-0.15, -0.1) is 11.3 Å². The van der Waals surface area contributed by atoms with Gasteiger partial charge in [0.1, 0.15) is 10.8 Å². The number of ether oxygens (including phenoxy) is 2. The van der Waals surface area contributed by atoms with Gasteiger partial charge in [-0.2, -0.15) is 0 Å². The van der Waals surface area contributed by atoms with Gasteiger partial charge in [-0.25, -0.2) is 4.98 Å². The van der Waals surface area contributed by atoms with Gasteiger partial charge in [-0.05, 0) is 23.8 Å². The van der Waals surface area contributed by atoms with Gasteiger partial charge in [0.05, 0.1) is 18.9 Å². The van der Waals surface area contributed by atoms with Crippen LogP contribution in [0.2, 0.25) is 0 Å². The molecule has 2 aromatic rings. The molecular weight excluding hydrogens is 234 g/mol. The second kappa shape index (κ2) is 4.47. The van der Waals surface area contributed by atoms with E-state index in [2.05, 4.69) is 22.5 Å². The van der Waals surface area contributed by atoms with Gasteiger partial charge in [0.15, 0.2) is 0 Å². The Bertz CT molecular complexity index is 536. The fourth-order valence-corrected chi connectivity index (χ4v) is 2.75. The number of fused-ring (bicyclic) bond motifs is 1. The molecule has 2 heterocycles. The van der Waals surface area contributed by atoms with E-state index in [0.29, 0.717) is 6.61 Å². The zero-order chi connectivity index (χ0) is 11.7. The van der Waals surface area contributed by atoms with Gasteiger partial charge in [-0.3, -0.25) is 0 Å². The van der Waals surface area contributed by atoms with Crippen LogP contribution >= 0.6 is 11.3 Å².